The van der Waals surface area contributed by atoms with Gasteiger partial charge in [-0.05, 0) is 42.9 Å². The van der Waals surface area contributed by atoms with Crippen LogP contribution in [0.2, 0.25) is 0 Å². The first-order valence-electron chi connectivity index (χ1n) is 11.2. The fourth-order valence-corrected chi connectivity index (χ4v) is 6.06. The summed E-state index contributed by atoms with van der Waals surface area (Å²) < 4.78 is 5.50. The molecule has 5 aliphatic rings. The predicted octanol–water partition coefficient (Wildman–Crippen LogP) is 2.88. The van der Waals surface area contributed by atoms with Gasteiger partial charge in [0.2, 0.25) is 17.6 Å². The zero-order chi connectivity index (χ0) is 22.0. The summed E-state index contributed by atoms with van der Waals surface area (Å²) in [5, 5.41) is 0. The summed E-state index contributed by atoms with van der Waals surface area (Å²) in [5.41, 5.74) is 0.449. The third-order valence-corrected chi connectivity index (χ3v) is 7.57. The van der Waals surface area contributed by atoms with E-state index in [1.807, 2.05) is 0 Å². The van der Waals surface area contributed by atoms with Crippen molar-refractivity contribution in [3.63, 3.8) is 0 Å². The lowest BCUT2D eigenvalue weighted by Crippen LogP contribution is -2.50. The van der Waals surface area contributed by atoms with Crippen molar-refractivity contribution in [2.45, 2.75) is 39.3 Å². The second-order valence-corrected chi connectivity index (χ2v) is 9.70. The molecule has 6 rings (SSSR count). The minimum absolute atomic E-state index is 0.101. The molecule has 0 unspecified atom stereocenters. The minimum atomic E-state index is -1.02. The standard InChI is InChI=1S/C25H27NO5/c1-12(2)21(25(30)31-13(3)22(27)14-7-5-4-6-8-14)26-23(28)19-15-9-10-16(18-11-17(15)18)20(19)24(26)29/h4-10,12-13,15-21H,11H2,1-3H3/t13-,15-,16-,17-,18-,19-,20+,21+/m1/s1. The molecule has 162 valence electrons. The van der Waals surface area contributed by atoms with Crippen LogP contribution in [0, 0.1) is 41.4 Å². The average molecular weight is 421 g/mol. The van der Waals surface area contributed by atoms with Crippen molar-refractivity contribution in [3.05, 3.63) is 48.0 Å². The number of nitrogens with zero attached hydrogens (tertiary/aromatic N) is 1. The van der Waals surface area contributed by atoms with Gasteiger partial charge in [0, 0.05) is 5.56 Å². The van der Waals surface area contributed by atoms with Gasteiger partial charge in [-0.1, -0.05) is 56.3 Å². The molecule has 0 radical (unpaired) electrons. The lowest BCUT2D eigenvalue weighted by atomic mass is 9.63. The maximum atomic E-state index is 13.4. The zero-order valence-corrected chi connectivity index (χ0v) is 17.9. The van der Waals surface area contributed by atoms with Gasteiger partial charge in [0.25, 0.3) is 0 Å². The molecule has 1 saturated heterocycles. The van der Waals surface area contributed by atoms with Crippen molar-refractivity contribution in [1.29, 1.82) is 0 Å². The van der Waals surface area contributed by atoms with Crippen LogP contribution in [0.4, 0.5) is 0 Å². The first-order valence-corrected chi connectivity index (χ1v) is 11.2. The first kappa shape index (κ1) is 20.2. The molecule has 6 heteroatoms. The highest BCUT2D eigenvalue weighted by molar-refractivity contribution is 6.09. The van der Waals surface area contributed by atoms with Gasteiger partial charge < -0.3 is 4.74 Å². The molecule has 1 aromatic rings. The molecule has 2 bridgehead atoms. The van der Waals surface area contributed by atoms with E-state index in [4.69, 9.17) is 4.74 Å². The number of likely N-dealkylation sites (tertiary alicyclic amines) is 1. The molecule has 8 atom stereocenters. The van der Waals surface area contributed by atoms with Crippen molar-refractivity contribution in [3.8, 4) is 0 Å². The topological polar surface area (TPSA) is 80.8 Å². The van der Waals surface area contributed by atoms with Gasteiger partial charge in [0.15, 0.2) is 6.10 Å². The van der Waals surface area contributed by atoms with Gasteiger partial charge in [-0.2, -0.15) is 0 Å². The molecule has 0 N–H and O–H groups in total. The first-order chi connectivity index (χ1) is 14.8. The number of benzene rings is 1. The van der Waals surface area contributed by atoms with Crippen LogP contribution in [0.3, 0.4) is 0 Å². The van der Waals surface area contributed by atoms with Crippen LogP contribution in [-0.2, 0) is 19.1 Å². The minimum Gasteiger partial charge on any atom is -0.453 e. The van der Waals surface area contributed by atoms with Gasteiger partial charge in [-0.25, -0.2) is 4.79 Å². The highest BCUT2D eigenvalue weighted by atomic mass is 16.5. The number of imide groups is 1. The summed E-state index contributed by atoms with van der Waals surface area (Å²) in [5.74, 6) is -1.35. The second-order valence-electron chi connectivity index (χ2n) is 9.70. The van der Waals surface area contributed by atoms with Crippen LogP contribution in [0.1, 0.15) is 37.6 Å². The fraction of sp³-hybridized carbons (Fsp3) is 0.520. The third-order valence-electron chi connectivity index (χ3n) is 7.57. The number of hydrogen-bond donors (Lipinski definition) is 0. The predicted molar refractivity (Wildman–Crippen MR) is 112 cm³/mol. The Morgan fingerprint density at radius 3 is 2.00 bits per heavy atom. The summed E-state index contributed by atoms with van der Waals surface area (Å²) in [4.78, 5) is 53.7. The van der Waals surface area contributed by atoms with Crippen LogP contribution >= 0.6 is 0 Å². The van der Waals surface area contributed by atoms with Gasteiger partial charge in [-0.15, -0.1) is 0 Å². The molecular formula is C25H27NO5. The van der Waals surface area contributed by atoms with Crippen molar-refractivity contribution in [1.82, 2.24) is 4.90 Å². The van der Waals surface area contributed by atoms with E-state index in [0.717, 1.165) is 6.42 Å². The van der Waals surface area contributed by atoms with Crippen molar-refractivity contribution >= 4 is 23.6 Å². The number of hydrogen-bond acceptors (Lipinski definition) is 5. The molecule has 1 aliphatic heterocycles. The lowest BCUT2D eigenvalue weighted by molar-refractivity contribution is -0.162. The van der Waals surface area contributed by atoms with E-state index >= 15 is 0 Å². The lowest BCUT2D eigenvalue weighted by Gasteiger charge is -2.37. The summed E-state index contributed by atoms with van der Waals surface area (Å²) >= 11 is 0. The van der Waals surface area contributed by atoms with Gasteiger partial charge in [0.1, 0.15) is 6.04 Å². The highest BCUT2D eigenvalue weighted by Gasteiger charge is 2.68. The van der Waals surface area contributed by atoms with Gasteiger partial charge in [-0.3, -0.25) is 19.3 Å². The van der Waals surface area contributed by atoms with E-state index in [9.17, 15) is 19.2 Å². The fourth-order valence-electron chi connectivity index (χ4n) is 6.06. The Kier molecular flexibility index (Phi) is 4.65. The molecular weight excluding hydrogens is 394 g/mol. The number of Topliss-reactive ketones (excluding diaryl/α,β-unsaturated/α-hetero) is 1. The van der Waals surface area contributed by atoms with E-state index in [1.54, 1.807) is 44.2 Å². The van der Waals surface area contributed by atoms with Crippen LogP contribution < -0.4 is 0 Å². The van der Waals surface area contributed by atoms with E-state index < -0.39 is 18.1 Å². The number of amides is 2. The van der Waals surface area contributed by atoms with E-state index in [2.05, 4.69) is 12.2 Å². The molecule has 0 spiro atoms. The van der Waals surface area contributed by atoms with Crippen molar-refractivity contribution < 1.29 is 23.9 Å². The Hall–Kier alpha value is -2.76. The Morgan fingerprint density at radius 1 is 0.935 bits per heavy atom. The molecule has 2 saturated carbocycles. The van der Waals surface area contributed by atoms with Gasteiger partial charge in [0.05, 0.1) is 11.8 Å². The maximum absolute atomic E-state index is 13.4. The summed E-state index contributed by atoms with van der Waals surface area (Å²) in [6, 6.07) is 7.60. The quantitative estimate of drug-likeness (QED) is 0.305. The monoisotopic (exact) mass is 421 g/mol. The molecule has 6 nitrogen and oxygen atoms in total. The summed E-state index contributed by atoms with van der Waals surface area (Å²) in [6.07, 6.45) is 4.30. The number of ether oxygens (including phenoxy) is 1. The Balaban J connectivity index is 1.36. The normalized spacial score (nSPS) is 34.4. The summed E-state index contributed by atoms with van der Waals surface area (Å²) in [7, 11) is 0. The number of esters is 1. The number of ketones is 1. The second kappa shape index (κ2) is 7.14. The molecule has 31 heavy (non-hydrogen) atoms. The Labute approximate surface area is 181 Å². The number of carbonyl (C=O) groups excluding carboxylic acids is 4. The smallest absolute Gasteiger partial charge is 0.330 e. The molecule has 3 fully saturated rings. The molecule has 4 aliphatic carbocycles. The van der Waals surface area contributed by atoms with E-state index in [0.29, 0.717) is 17.4 Å². The number of carbonyl (C=O) groups is 4. The van der Waals surface area contributed by atoms with Crippen LogP contribution in [-0.4, -0.2) is 40.6 Å². The Bertz CT molecular complexity index is 947. The van der Waals surface area contributed by atoms with Crippen LogP contribution in [0.5, 0.6) is 0 Å². The van der Waals surface area contributed by atoms with Gasteiger partial charge >= 0.3 is 5.97 Å². The number of rotatable bonds is 6. The zero-order valence-electron chi connectivity index (χ0n) is 17.9. The molecule has 2 amide bonds. The van der Waals surface area contributed by atoms with E-state index in [-0.39, 0.29) is 47.2 Å². The van der Waals surface area contributed by atoms with Crippen LogP contribution in [0.25, 0.3) is 0 Å². The van der Waals surface area contributed by atoms with Crippen LogP contribution in [0.15, 0.2) is 42.5 Å². The molecule has 1 aromatic carbocycles. The third kappa shape index (κ3) is 2.99. The average Bonchev–Trinajstić information content (AvgIpc) is 3.54. The van der Waals surface area contributed by atoms with Crippen molar-refractivity contribution in [2.75, 3.05) is 0 Å². The maximum Gasteiger partial charge on any atom is 0.330 e. The molecule has 1 heterocycles. The molecule has 0 aromatic heterocycles. The summed E-state index contributed by atoms with van der Waals surface area (Å²) in [6.45, 7) is 5.11. The SMILES string of the molecule is CC(C)[C@@H](C(=O)O[C@H](C)C(=O)c1ccccc1)N1C(=O)[C@@H]2[C@@H]3C=C[C@H]([C@H]4C[C@H]34)[C@@H]2C1=O. The Morgan fingerprint density at radius 2 is 1.48 bits per heavy atom. The van der Waals surface area contributed by atoms with E-state index in [1.165, 1.54) is 11.8 Å². The largest absolute Gasteiger partial charge is 0.453 e. The van der Waals surface area contributed by atoms with Crippen molar-refractivity contribution in [2.24, 2.45) is 41.4 Å². The number of allylic oxidation sites excluding steroid dienone is 2. The highest BCUT2D eigenvalue weighted by Crippen LogP contribution is 2.65.